The Balaban J connectivity index is 1.78. The molecule has 7 heteroatoms. The van der Waals surface area contributed by atoms with Gasteiger partial charge in [0.15, 0.2) is 0 Å². The lowest BCUT2D eigenvalue weighted by atomic mass is 10.1. The van der Waals surface area contributed by atoms with Gasteiger partial charge in [0.25, 0.3) is 11.8 Å². The summed E-state index contributed by atoms with van der Waals surface area (Å²) in [6, 6.07) is 13.8. The summed E-state index contributed by atoms with van der Waals surface area (Å²) in [5.41, 5.74) is 4.61. The van der Waals surface area contributed by atoms with Gasteiger partial charge in [-0.3, -0.25) is 14.9 Å². The van der Waals surface area contributed by atoms with Crippen LogP contribution in [0.15, 0.2) is 60.3 Å². The number of halogens is 1. The molecule has 0 atom stereocenters. The zero-order chi connectivity index (χ0) is 22.3. The van der Waals surface area contributed by atoms with Crippen LogP contribution in [0.4, 0.5) is 10.5 Å². The largest absolute Gasteiger partial charge is 0.335 e. The molecule has 0 radical (unpaired) electrons. The number of benzene rings is 2. The lowest BCUT2D eigenvalue weighted by Crippen LogP contribution is -2.54. The van der Waals surface area contributed by atoms with Crippen molar-refractivity contribution in [1.82, 2.24) is 9.88 Å². The van der Waals surface area contributed by atoms with E-state index < -0.39 is 17.8 Å². The van der Waals surface area contributed by atoms with Crippen LogP contribution in [0.1, 0.15) is 22.4 Å². The Morgan fingerprint density at radius 2 is 1.71 bits per heavy atom. The number of imide groups is 2. The van der Waals surface area contributed by atoms with E-state index in [4.69, 9.17) is 11.6 Å². The number of rotatable bonds is 3. The second kappa shape index (κ2) is 7.89. The van der Waals surface area contributed by atoms with E-state index in [1.165, 1.54) is 11.6 Å². The van der Waals surface area contributed by atoms with Gasteiger partial charge in [0, 0.05) is 22.6 Å². The van der Waals surface area contributed by atoms with Gasteiger partial charge < -0.3 is 4.57 Å². The van der Waals surface area contributed by atoms with Crippen molar-refractivity contribution < 1.29 is 14.4 Å². The quantitative estimate of drug-likeness (QED) is 0.479. The van der Waals surface area contributed by atoms with Crippen LogP contribution in [-0.4, -0.2) is 22.4 Å². The summed E-state index contributed by atoms with van der Waals surface area (Å²) in [6.45, 7) is 5.77. The molecule has 31 heavy (non-hydrogen) atoms. The van der Waals surface area contributed by atoms with Gasteiger partial charge in [-0.2, -0.15) is 0 Å². The number of aromatic nitrogens is 1. The number of urea groups is 1. The minimum atomic E-state index is -0.804. The predicted molar refractivity (Wildman–Crippen MR) is 120 cm³/mol. The Bertz CT molecular complexity index is 1270. The van der Waals surface area contributed by atoms with Crippen molar-refractivity contribution in [2.24, 2.45) is 0 Å². The first-order valence-electron chi connectivity index (χ1n) is 9.69. The highest BCUT2D eigenvalue weighted by Gasteiger charge is 2.37. The van der Waals surface area contributed by atoms with Crippen molar-refractivity contribution in [3.8, 4) is 5.69 Å². The van der Waals surface area contributed by atoms with Gasteiger partial charge in [0.2, 0.25) is 0 Å². The summed E-state index contributed by atoms with van der Waals surface area (Å²) in [5.74, 6) is -1.44. The first kappa shape index (κ1) is 20.6. The van der Waals surface area contributed by atoms with Crippen LogP contribution < -0.4 is 10.2 Å². The molecule has 0 bridgehead atoms. The Morgan fingerprint density at radius 3 is 2.45 bits per heavy atom. The van der Waals surface area contributed by atoms with Crippen LogP contribution in [0.25, 0.3) is 11.8 Å². The molecule has 1 aromatic heterocycles. The average Bonchev–Trinajstić information content (AvgIpc) is 3.18. The van der Waals surface area contributed by atoms with Gasteiger partial charge in [0.1, 0.15) is 5.57 Å². The number of nitrogens with one attached hydrogen (secondary N) is 1. The van der Waals surface area contributed by atoms with E-state index in [0.717, 1.165) is 16.2 Å². The second-order valence-corrected chi connectivity index (χ2v) is 7.82. The third kappa shape index (κ3) is 3.66. The highest BCUT2D eigenvalue weighted by atomic mass is 35.5. The maximum atomic E-state index is 13.2. The molecule has 2 aromatic carbocycles. The predicted octanol–water partition coefficient (Wildman–Crippen LogP) is 4.72. The zero-order valence-corrected chi connectivity index (χ0v) is 18.0. The lowest BCUT2D eigenvalue weighted by molar-refractivity contribution is -0.122. The standard InChI is InChI=1S/C24H20ClN3O3/c1-14-9-10-18(12-15(14)2)27-11-5-6-17(27)13-19-22(29)26-24(31)28(23(19)30)21-8-4-7-20(25)16(21)3/h4-13H,1-3H3,(H,26,29,31)/b19-13+. The van der Waals surface area contributed by atoms with Gasteiger partial charge in [-0.15, -0.1) is 0 Å². The SMILES string of the molecule is Cc1ccc(-n2cccc2/C=C2\C(=O)NC(=O)N(c3cccc(Cl)c3C)C2=O)cc1C. The molecule has 3 aromatic rings. The third-order valence-electron chi connectivity index (χ3n) is 5.42. The molecule has 0 saturated carbocycles. The fraction of sp³-hybridized carbons (Fsp3) is 0.125. The number of barbiturate groups is 1. The van der Waals surface area contributed by atoms with E-state index in [9.17, 15) is 14.4 Å². The summed E-state index contributed by atoms with van der Waals surface area (Å²) in [5, 5.41) is 2.67. The van der Waals surface area contributed by atoms with E-state index in [2.05, 4.69) is 5.32 Å². The summed E-state index contributed by atoms with van der Waals surface area (Å²) in [7, 11) is 0. The Kier molecular flexibility index (Phi) is 5.25. The molecule has 1 aliphatic rings. The van der Waals surface area contributed by atoms with Gasteiger partial charge >= 0.3 is 6.03 Å². The topological polar surface area (TPSA) is 71.4 Å². The van der Waals surface area contributed by atoms with Crippen LogP contribution in [-0.2, 0) is 9.59 Å². The molecule has 6 nitrogen and oxygen atoms in total. The molecule has 1 aliphatic heterocycles. The van der Waals surface area contributed by atoms with E-state index in [0.29, 0.717) is 22.0 Å². The molecule has 0 aliphatic carbocycles. The van der Waals surface area contributed by atoms with Crippen molar-refractivity contribution in [2.45, 2.75) is 20.8 Å². The lowest BCUT2D eigenvalue weighted by Gasteiger charge is -2.27. The molecule has 2 heterocycles. The third-order valence-corrected chi connectivity index (χ3v) is 5.83. The van der Waals surface area contributed by atoms with E-state index in [-0.39, 0.29) is 5.57 Å². The minimum absolute atomic E-state index is 0.136. The number of hydrogen-bond donors (Lipinski definition) is 1. The van der Waals surface area contributed by atoms with Crippen molar-refractivity contribution in [3.63, 3.8) is 0 Å². The van der Waals surface area contributed by atoms with Crippen LogP contribution in [0.3, 0.4) is 0 Å². The van der Waals surface area contributed by atoms with Crippen molar-refractivity contribution >= 4 is 41.2 Å². The average molecular weight is 434 g/mol. The van der Waals surface area contributed by atoms with Crippen molar-refractivity contribution in [2.75, 3.05) is 4.90 Å². The van der Waals surface area contributed by atoms with E-state index in [1.807, 2.05) is 48.9 Å². The monoisotopic (exact) mass is 433 g/mol. The van der Waals surface area contributed by atoms with Crippen molar-refractivity contribution in [3.05, 3.63) is 87.7 Å². The zero-order valence-electron chi connectivity index (χ0n) is 17.3. The van der Waals surface area contributed by atoms with E-state index >= 15 is 0 Å². The normalized spacial score (nSPS) is 15.5. The van der Waals surface area contributed by atoms with Crippen molar-refractivity contribution in [1.29, 1.82) is 0 Å². The van der Waals surface area contributed by atoms with Gasteiger partial charge in [0.05, 0.1) is 5.69 Å². The first-order chi connectivity index (χ1) is 14.8. The number of hydrogen-bond acceptors (Lipinski definition) is 3. The molecule has 156 valence electrons. The number of nitrogens with zero attached hydrogens (tertiary/aromatic N) is 2. The second-order valence-electron chi connectivity index (χ2n) is 7.41. The van der Waals surface area contributed by atoms with Gasteiger partial charge in [-0.25, -0.2) is 9.69 Å². The smallest absolute Gasteiger partial charge is 0.317 e. The molecule has 1 fully saturated rings. The molecule has 0 spiro atoms. The molecule has 1 saturated heterocycles. The number of carbonyl (C=O) groups excluding carboxylic acids is 3. The molecule has 4 rings (SSSR count). The summed E-state index contributed by atoms with van der Waals surface area (Å²) in [6.07, 6.45) is 3.35. The minimum Gasteiger partial charge on any atom is -0.317 e. The molecular formula is C24H20ClN3O3. The van der Waals surface area contributed by atoms with Crippen LogP contribution in [0, 0.1) is 20.8 Å². The Labute approximate surface area is 184 Å². The van der Waals surface area contributed by atoms with Gasteiger partial charge in [-0.1, -0.05) is 23.7 Å². The molecule has 4 amide bonds. The highest BCUT2D eigenvalue weighted by Crippen LogP contribution is 2.29. The maximum absolute atomic E-state index is 13.2. The Morgan fingerprint density at radius 1 is 0.935 bits per heavy atom. The summed E-state index contributed by atoms with van der Waals surface area (Å²) < 4.78 is 1.88. The van der Waals surface area contributed by atoms with E-state index in [1.54, 1.807) is 31.2 Å². The molecule has 1 N–H and O–H groups in total. The summed E-state index contributed by atoms with van der Waals surface area (Å²) in [4.78, 5) is 39.2. The number of anilines is 1. The van der Waals surface area contributed by atoms with Crippen LogP contribution >= 0.6 is 11.6 Å². The fourth-order valence-electron chi connectivity index (χ4n) is 3.48. The maximum Gasteiger partial charge on any atom is 0.335 e. The first-order valence-corrected chi connectivity index (χ1v) is 10.1. The van der Waals surface area contributed by atoms with Gasteiger partial charge in [-0.05, 0) is 79.9 Å². The highest BCUT2D eigenvalue weighted by molar-refractivity contribution is 6.39. The molecule has 0 unspecified atom stereocenters. The Hall–Kier alpha value is -3.64. The van der Waals surface area contributed by atoms with Crippen LogP contribution in [0.5, 0.6) is 0 Å². The fourth-order valence-corrected chi connectivity index (χ4v) is 3.65. The van der Waals surface area contributed by atoms with Crippen LogP contribution in [0.2, 0.25) is 5.02 Å². The number of aryl methyl sites for hydroxylation is 2. The number of carbonyl (C=O) groups is 3. The number of amides is 4. The summed E-state index contributed by atoms with van der Waals surface area (Å²) >= 11 is 6.17. The molecular weight excluding hydrogens is 414 g/mol.